The van der Waals surface area contributed by atoms with E-state index in [1.807, 2.05) is 25.1 Å². The number of aryl methyl sites for hydroxylation is 1. The average molecular weight is 280 g/mol. The van der Waals surface area contributed by atoms with Gasteiger partial charge in [-0.2, -0.15) is 4.98 Å². The van der Waals surface area contributed by atoms with Gasteiger partial charge in [-0.25, -0.2) is 0 Å². The third-order valence-electron chi connectivity index (χ3n) is 3.08. The number of halogens is 1. The molecule has 1 aromatic heterocycles. The summed E-state index contributed by atoms with van der Waals surface area (Å²) in [6.07, 6.45) is 0. The van der Waals surface area contributed by atoms with Crippen LogP contribution in [0.5, 0.6) is 0 Å². The van der Waals surface area contributed by atoms with Crippen LogP contribution in [0, 0.1) is 6.92 Å². The second kappa shape index (κ2) is 5.28. The molecule has 1 aliphatic rings. The van der Waals surface area contributed by atoms with E-state index in [9.17, 15) is 0 Å². The first kappa shape index (κ1) is 12.6. The first-order valence-electron chi connectivity index (χ1n) is 6.15. The van der Waals surface area contributed by atoms with Crippen LogP contribution in [0.1, 0.15) is 17.4 Å². The minimum absolute atomic E-state index is 0.000327. The Bertz CT molecular complexity index is 579. The van der Waals surface area contributed by atoms with Gasteiger partial charge in [0, 0.05) is 17.1 Å². The molecule has 1 saturated heterocycles. The third kappa shape index (κ3) is 2.63. The van der Waals surface area contributed by atoms with Gasteiger partial charge in [0.25, 0.3) is 5.89 Å². The summed E-state index contributed by atoms with van der Waals surface area (Å²) in [5.41, 5.74) is 1.86. The fraction of sp³-hybridized carbons (Fsp3) is 0.385. The smallest absolute Gasteiger partial charge is 0.257 e. The second-order valence-corrected chi connectivity index (χ2v) is 4.91. The molecule has 1 aromatic carbocycles. The Kier molecular flexibility index (Phi) is 3.50. The summed E-state index contributed by atoms with van der Waals surface area (Å²) in [4.78, 5) is 4.41. The summed E-state index contributed by atoms with van der Waals surface area (Å²) < 4.78 is 10.7. The molecule has 0 spiro atoms. The second-order valence-electron chi connectivity index (χ2n) is 4.50. The molecule has 1 fully saturated rings. The molecule has 3 rings (SSSR count). The summed E-state index contributed by atoms with van der Waals surface area (Å²) in [5, 5.41) is 8.02. The van der Waals surface area contributed by atoms with Gasteiger partial charge >= 0.3 is 0 Å². The van der Waals surface area contributed by atoms with Crippen molar-refractivity contribution in [2.24, 2.45) is 0 Å². The molecular weight excluding hydrogens is 266 g/mol. The van der Waals surface area contributed by atoms with E-state index in [1.54, 1.807) is 0 Å². The van der Waals surface area contributed by atoms with E-state index in [0.717, 1.165) is 29.3 Å². The number of nitrogens with zero attached hydrogens (tertiary/aromatic N) is 2. The topological polar surface area (TPSA) is 60.2 Å². The van der Waals surface area contributed by atoms with Crippen molar-refractivity contribution in [2.75, 3.05) is 19.8 Å². The quantitative estimate of drug-likeness (QED) is 0.914. The number of hydrogen-bond acceptors (Lipinski definition) is 5. The van der Waals surface area contributed by atoms with Gasteiger partial charge in [0.2, 0.25) is 0 Å². The maximum atomic E-state index is 6.00. The van der Waals surface area contributed by atoms with Gasteiger partial charge in [0.05, 0.1) is 19.3 Å². The molecule has 1 aliphatic heterocycles. The van der Waals surface area contributed by atoms with Crippen LogP contribution in [0.4, 0.5) is 0 Å². The predicted octanol–water partition coefficient (Wildman–Crippen LogP) is 2.36. The molecule has 0 saturated carbocycles. The molecule has 1 N–H and O–H groups in total. The molecule has 2 aromatic rings. The minimum atomic E-state index is -0.000327. The highest BCUT2D eigenvalue weighted by atomic mass is 35.5. The zero-order valence-corrected chi connectivity index (χ0v) is 11.3. The maximum Gasteiger partial charge on any atom is 0.257 e. The van der Waals surface area contributed by atoms with Crippen molar-refractivity contribution in [3.05, 3.63) is 34.6 Å². The maximum absolute atomic E-state index is 6.00. The lowest BCUT2D eigenvalue weighted by Crippen LogP contribution is -2.35. The standard InChI is InChI=1S/C13H14ClN3O2/c1-8-6-9(2-3-10(8)14)13-16-12(17-19-13)11-7-18-5-4-15-11/h2-3,6,11,15H,4-5,7H2,1H3. The number of ether oxygens (including phenoxy) is 1. The molecule has 100 valence electrons. The van der Waals surface area contributed by atoms with Crippen LogP contribution in [-0.4, -0.2) is 29.9 Å². The highest BCUT2D eigenvalue weighted by molar-refractivity contribution is 6.31. The molecule has 0 radical (unpaired) electrons. The first-order valence-corrected chi connectivity index (χ1v) is 6.53. The molecular formula is C13H14ClN3O2. The molecule has 5 nitrogen and oxygen atoms in total. The molecule has 1 unspecified atom stereocenters. The Labute approximate surface area is 115 Å². The highest BCUT2D eigenvalue weighted by Gasteiger charge is 2.21. The number of hydrogen-bond donors (Lipinski definition) is 1. The Balaban J connectivity index is 1.85. The summed E-state index contributed by atoms with van der Waals surface area (Å²) in [5.74, 6) is 1.13. The van der Waals surface area contributed by atoms with Gasteiger partial charge in [-0.05, 0) is 30.7 Å². The third-order valence-corrected chi connectivity index (χ3v) is 3.50. The predicted molar refractivity (Wildman–Crippen MR) is 71.0 cm³/mol. The first-order chi connectivity index (χ1) is 9.24. The molecule has 0 aliphatic carbocycles. The van der Waals surface area contributed by atoms with E-state index in [2.05, 4.69) is 15.5 Å². The molecule has 2 heterocycles. The largest absolute Gasteiger partial charge is 0.378 e. The van der Waals surface area contributed by atoms with Crippen LogP contribution in [0.2, 0.25) is 5.02 Å². The summed E-state index contributed by atoms with van der Waals surface area (Å²) in [6.45, 7) is 4.03. The number of morpholine rings is 1. The van der Waals surface area contributed by atoms with Crippen LogP contribution in [0.15, 0.2) is 22.7 Å². The van der Waals surface area contributed by atoms with E-state index in [1.165, 1.54) is 0 Å². The van der Waals surface area contributed by atoms with Gasteiger partial charge < -0.3 is 14.6 Å². The lowest BCUT2D eigenvalue weighted by molar-refractivity contribution is 0.0734. The van der Waals surface area contributed by atoms with Gasteiger partial charge in [0.15, 0.2) is 5.82 Å². The average Bonchev–Trinajstić information content (AvgIpc) is 2.93. The fourth-order valence-electron chi connectivity index (χ4n) is 2.00. The molecule has 0 bridgehead atoms. The van der Waals surface area contributed by atoms with Crippen molar-refractivity contribution in [3.63, 3.8) is 0 Å². The molecule has 0 amide bonds. The minimum Gasteiger partial charge on any atom is -0.378 e. The normalized spacial score (nSPS) is 19.6. The molecule has 19 heavy (non-hydrogen) atoms. The zero-order valence-electron chi connectivity index (χ0n) is 10.5. The van der Waals surface area contributed by atoms with Crippen molar-refractivity contribution < 1.29 is 9.26 Å². The lowest BCUT2D eigenvalue weighted by atomic mass is 10.1. The van der Waals surface area contributed by atoms with Crippen molar-refractivity contribution >= 4 is 11.6 Å². The van der Waals surface area contributed by atoms with Crippen molar-refractivity contribution in [1.29, 1.82) is 0 Å². The Morgan fingerprint density at radius 2 is 2.32 bits per heavy atom. The molecule has 1 atom stereocenters. The number of rotatable bonds is 2. The van der Waals surface area contributed by atoms with E-state index in [-0.39, 0.29) is 6.04 Å². The number of aromatic nitrogens is 2. The van der Waals surface area contributed by atoms with Crippen molar-refractivity contribution in [3.8, 4) is 11.5 Å². The number of nitrogens with one attached hydrogen (secondary N) is 1. The van der Waals surface area contributed by atoms with E-state index < -0.39 is 0 Å². The SMILES string of the molecule is Cc1cc(-c2nc(C3COCCN3)no2)ccc1Cl. The van der Waals surface area contributed by atoms with E-state index in [0.29, 0.717) is 18.3 Å². The van der Waals surface area contributed by atoms with Gasteiger partial charge in [-0.15, -0.1) is 0 Å². The highest BCUT2D eigenvalue weighted by Crippen LogP contribution is 2.24. The lowest BCUT2D eigenvalue weighted by Gasteiger charge is -2.20. The number of benzene rings is 1. The van der Waals surface area contributed by atoms with E-state index >= 15 is 0 Å². The van der Waals surface area contributed by atoms with Crippen LogP contribution in [-0.2, 0) is 4.74 Å². The van der Waals surface area contributed by atoms with Crippen LogP contribution < -0.4 is 5.32 Å². The Morgan fingerprint density at radius 3 is 3.05 bits per heavy atom. The summed E-state index contributed by atoms with van der Waals surface area (Å²) >= 11 is 6.00. The fourth-order valence-corrected chi connectivity index (χ4v) is 2.12. The summed E-state index contributed by atoms with van der Waals surface area (Å²) in [6, 6.07) is 5.64. The van der Waals surface area contributed by atoms with Crippen LogP contribution in [0.25, 0.3) is 11.5 Å². The van der Waals surface area contributed by atoms with Gasteiger partial charge in [-0.3, -0.25) is 0 Å². The van der Waals surface area contributed by atoms with Crippen LogP contribution in [0.3, 0.4) is 0 Å². The monoisotopic (exact) mass is 279 g/mol. The Hall–Kier alpha value is -1.43. The van der Waals surface area contributed by atoms with Crippen molar-refractivity contribution in [1.82, 2.24) is 15.5 Å². The van der Waals surface area contributed by atoms with Crippen LogP contribution >= 0.6 is 11.6 Å². The van der Waals surface area contributed by atoms with Crippen molar-refractivity contribution in [2.45, 2.75) is 13.0 Å². The zero-order chi connectivity index (χ0) is 13.2. The summed E-state index contributed by atoms with van der Waals surface area (Å²) in [7, 11) is 0. The van der Waals surface area contributed by atoms with Gasteiger partial charge in [-0.1, -0.05) is 16.8 Å². The van der Waals surface area contributed by atoms with E-state index in [4.69, 9.17) is 20.9 Å². The Morgan fingerprint density at radius 1 is 1.42 bits per heavy atom. The molecule has 6 heteroatoms. The van der Waals surface area contributed by atoms with Gasteiger partial charge in [0.1, 0.15) is 0 Å².